The Bertz CT molecular complexity index is 984. The molecule has 0 radical (unpaired) electrons. The summed E-state index contributed by atoms with van der Waals surface area (Å²) < 4.78 is 0. The molecule has 1 aliphatic heterocycles. The SMILES string of the molecule is C1=C(CCN2CCN(c3ccccc3)CC2)c2cccc(-c3ccccc3)c2C1. The fraction of sp³-hybridized carbons (Fsp3) is 0.259. The van der Waals surface area contributed by atoms with Gasteiger partial charge in [-0.1, -0.05) is 72.8 Å². The zero-order valence-corrected chi connectivity index (χ0v) is 16.9. The van der Waals surface area contributed by atoms with Gasteiger partial charge in [0.15, 0.2) is 0 Å². The number of para-hydroxylation sites is 1. The summed E-state index contributed by atoms with van der Waals surface area (Å²) >= 11 is 0. The maximum absolute atomic E-state index is 2.62. The molecule has 2 aliphatic rings. The van der Waals surface area contributed by atoms with Crippen LogP contribution in [0.15, 0.2) is 84.9 Å². The number of anilines is 1. The molecule has 0 atom stereocenters. The van der Waals surface area contributed by atoms with Crippen molar-refractivity contribution in [3.05, 3.63) is 96.1 Å². The molecule has 1 aliphatic carbocycles. The second-order valence-corrected chi connectivity index (χ2v) is 8.05. The summed E-state index contributed by atoms with van der Waals surface area (Å²) in [7, 11) is 0. The van der Waals surface area contributed by atoms with E-state index in [0.717, 1.165) is 45.6 Å². The van der Waals surface area contributed by atoms with Crippen molar-refractivity contribution in [1.82, 2.24) is 4.90 Å². The molecule has 0 unspecified atom stereocenters. The van der Waals surface area contributed by atoms with Crippen LogP contribution in [0.4, 0.5) is 5.69 Å². The van der Waals surface area contributed by atoms with E-state index in [-0.39, 0.29) is 0 Å². The zero-order valence-electron chi connectivity index (χ0n) is 16.9. The van der Waals surface area contributed by atoms with Gasteiger partial charge in [-0.2, -0.15) is 0 Å². The van der Waals surface area contributed by atoms with Crippen LogP contribution in [0, 0.1) is 0 Å². The largest absolute Gasteiger partial charge is 0.369 e. The summed E-state index contributed by atoms with van der Waals surface area (Å²) in [5.74, 6) is 0. The third kappa shape index (κ3) is 3.86. The molecule has 2 heteroatoms. The van der Waals surface area contributed by atoms with Crippen molar-refractivity contribution in [3.8, 4) is 11.1 Å². The van der Waals surface area contributed by atoms with Gasteiger partial charge in [-0.3, -0.25) is 4.90 Å². The van der Waals surface area contributed by atoms with Crippen molar-refractivity contribution in [3.63, 3.8) is 0 Å². The fourth-order valence-corrected chi connectivity index (χ4v) is 4.71. The monoisotopic (exact) mass is 380 g/mol. The van der Waals surface area contributed by atoms with Gasteiger partial charge in [0.1, 0.15) is 0 Å². The Morgan fingerprint density at radius 1 is 0.655 bits per heavy atom. The minimum Gasteiger partial charge on any atom is -0.369 e. The summed E-state index contributed by atoms with van der Waals surface area (Å²) in [5.41, 5.74) is 8.58. The highest BCUT2D eigenvalue weighted by Crippen LogP contribution is 2.36. The first-order chi connectivity index (χ1) is 14.4. The van der Waals surface area contributed by atoms with Gasteiger partial charge in [-0.05, 0) is 52.8 Å². The highest BCUT2D eigenvalue weighted by molar-refractivity contribution is 5.81. The van der Waals surface area contributed by atoms with Crippen LogP contribution in [0.2, 0.25) is 0 Å². The van der Waals surface area contributed by atoms with Gasteiger partial charge in [-0.25, -0.2) is 0 Å². The van der Waals surface area contributed by atoms with E-state index in [4.69, 9.17) is 0 Å². The van der Waals surface area contributed by atoms with Crippen LogP contribution in [-0.2, 0) is 6.42 Å². The Balaban J connectivity index is 1.21. The standard InChI is InChI=1S/C27H28N2/c1-3-8-22(9-4-1)25-12-7-13-26-23(14-15-27(25)26)16-17-28-18-20-29(21-19-28)24-10-5-2-6-11-24/h1-14H,15-21H2. The second kappa shape index (κ2) is 8.26. The Hall–Kier alpha value is -2.84. The van der Waals surface area contributed by atoms with Crippen LogP contribution < -0.4 is 4.90 Å². The summed E-state index contributed by atoms with van der Waals surface area (Å²) in [6.45, 7) is 5.71. The minimum atomic E-state index is 1.07. The van der Waals surface area contributed by atoms with E-state index in [1.165, 1.54) is 33.5 Å². The van der Waals surface area contributed by atoms with Gasteiger partial charge in [0.2, 0.25) is 0 Å². The average molecular weight is 381 g/mol. The molecule has 29 heavy (non-hydrogen) atoms. The van der Waals surface area contributed by atoms with Crippen molar-refractivity contribution in [2.45, 2.75) is 12.8 Å². The lowest BCUT2D eigenvalue weighted by molar-refractivity contribution is 0.264. The van der Waals surface area contributed by atoms with Crippen LogP contribution in [0.3, 0.4) is 0 Å². The summed E-state index contributed by atoms with van der Waals surface area (Å²) in [6.07, 6.45) is 4.67. The Labute approximate surface area is 174 Å². The van der Waals surface area contributed by atoms with E-state index in [9.17, 15) is 0 Å². The molecule has 0 spiro atoms. The topological polar surface area (TPSA) is 6.48 Å². The molecule has 146 valence electrons. The van der Waals surface area contributed by atoms with E-state index >= 15 is 0 Å². The predicted octanol–water partition coefficient (Wildman–Crippen LogP) is 5.51. The van der Waals surface area contributed by atoms with Crippen LogP contribution in [0.5, 0.6) is 0 Å². The van der Waals surface area contributed by atoms with Gasteiger partial charge >= 0.3 is 0 Å². The van der Waals surface area contributed by atoms with E-state index in [1.807, 2.05) is 0 Å². The lowest BCUT2D eigenvalue weighted by Crippen LogP contribution is -2.46. The maximum atomic E-state index is 2.62. The number of piperazine rings is 1. The third-order valence-electron chi connectivity index (χ3n) is 6.35. The van der Waals surface area contributed by atoms with Crippen molar-refractivity contribution in [2.24, 2.45) is 0 Å². The van der Waals surface area contributed by atoms with Crippen LogP contribution in [-0.4, -0.2) is 37.6 Å². The molecule has 1 fully saturated rings. The first kappa shape index (κ1) is 18.2. The molecule has 2 nitrogen and oxygen atoms in total. The maximum Gasteiger partial charge on any atom is 0.0367 e. The molecule has 5 rings (SSSR count). The smallest absolute Gasteiger partial charge is 0.0367 e. The fourth-order valence-electron chi connectivity index (χ4n) is 4.71. The van der Waals surface area contributed by atoms with E-state index in [1.54, 1.807) is 0 Å². The highest BCUT2D eigenvalue weighted by Gasteiger charge is 2.20. The van der Waals surface area contributed by atoms with Gasteiger partial charge in [0.25, 0.3) is 0 Å². The van der Waals surface area contributed by atoms with Gasteiger partial charge in [-0.15, -0.1) is 0 Å². The molecule has 0 bridgehead atoms. The molecule has 1 heterocycles. The molecule has 0 aromatic heterocycles. The van der Waals surface area contributed by atoms with Crippen molar-refractivity contribution in [1.29, 1.82) is 0 Å². The molecular formula is C27H28N2. The van der Waals surface area contributed by atoms with Gasteiger partial charge in [0, 0.05) is 38.4 Å². The van der Waals surface area contributed by atoms with Crippen molar-refractivity contribution < 1.29 is 0 Å². The van der Waals surface area contributed by atoms with Gasteiger partial charge < -0.3 is 4.90 Å². The summed E-state index contributed by atoms with van der Waals surface area (Å²) in [6, 6.07) is 28.4. The number of nitrogens with zero attached hydrogens (tertiary/aromatic N) is 2. The number of hydrogen-bond donors (Lipinski definition) is 0. The number of allylic oxidation sites excluding steroid dienone is 1. The Morgan fingerprint density at radius 2 is 1.34 bits per heavy atom. The predicted molar refractivity (Wildman–Crippen MR) is 123 cm³/mol. The average Bonchev–Trinajstić information content (AvgIpc) is 3.22. The Morgan fingerprint density at radius 3 is 2.10 bits per heavy atom. The first-order valence-corrected chi connectivity index (χ1v) is 10.8. The quantitative estimate of drug-likeness (QED) is 0.576. The van der Waals surface area contributed by atoms with Crippen molar-refractivity contribution in [2.75, 3.05) is 37.6 Å². The van der Waals surface area contributed by atoms with Crippen LogP contribution in [0.25, 0.3) is 16.7 Å². The molecule has 3 aromatic rings. The van der Waals surface area contributed by atoms with Crippen LogP contribution >= 0.6 is 0 Å². The number of hydrogen-bond acceptors (Lipinski definition) is 2. The van der Waals surface area contributed by atoms with Gasteiger partial charge in [0.05, 0.1) is 0 Å². The Kier molecular flexibility index (Phi) is 5.19. The normalized spacial score (nSPS) is 16.6. The number of benzene rings is 3. The van der Waals surface area contributed by atoms with E-state index < -0.39 is 0 Å². The lowest BCUT2D eigenvalue weighted by Gasteiger charge is -2.36. The third-order valence-corrected chi connectivity index (χ3v) is 6.35. The molecule has 3 aromatic carbocycles. The summed E-state index contributed by atoms with van der Waals surface area (Å²) in [4.78, 5) is 5.13. The summed E-state index contributed by atoms with van der Waals surface area (Å²) in [5, 5.41) is 0. The minimum absolute atomic E-state index is 1.07. The molecule has 0 N–H and O–H groups in total. The van der Waals surface area contributed by atoms with Crippen molar-refractivity contribution >= 4 is 11.3 Å². The molecular weight excluding hydrogens is 352 g/mol. The van der Waals surface area contributed by atoms with E-state index in [0.29, 0.717) is 0 Å². The number of rotatable bonds is 5. The molecule has 0 amide bonds. The number of fused-ring (bicyclic) bond motifs is 1. The van der Waals surface area contributed by atoms with Crippen LogP contribution in [0.1, 0.15) is 17.5 Å². The molecule has 1 saturated heterocycles. The zero-order chi connectivity index (χ0) is 19.5. The molecule has 0 saturated carbocycles. The lowest BCUT2D eigenvalue weighted by atomic mass is 9.94. The van der Waals surface area contributed by atoms with E-state index in [2.05, 4.69) is 94.7 Å². The second-order valence-electron chi connectivity index (χ2n) is 8.05. The highest BCUT2D eigenvalue weighted by atomic mass is 15.3. The first-order valence-electron chi connectivity index (χ1n) is 10.8.